The molecule has 0 saturated carbocycles. The minimum atomic E-state index is -0.00998. The Morgan fingerprint density at radius 2 is 2.35 bits per heavy atom. The smallest absolute Gasteiger partial charge is 0.249 e. The molecule has 1 amide bonds. The van der Waals surface area contributed by atoms with Gasteiger partial charge in [0.25, 0.3) is 0 Å². The van der Waals surface area contributed by atoms with Gasteiger partial charge in [-0.3, -0.25) is 4.79 Å². The fourth-order valence-corrected chi connectivity index (χ4v) is 2.46. The third-order valence-electron chi connectivity index (χ3n) is 2.94. The fraction of sp³-hybridized carbons (Fsp3) is 0.455. The van der Waals surface area contributed by atoms with E-state index < -0.39 is 0 Å². The van der Waals surface area contributed by atoms with Gasteiger partial charge in [-0.05, 0) is 22.0 Å². The molecule has 0 spiro atoms. The predicted molar refractivity (Wildman–Crippen MR) is 62.6 cm³/mol. The van der Waals surface area contributed by atoms with E-state index >= 15 is 0 Å². The molecule has 3 rings (SSSR count). The summed E-state index contributed by atoms with van der Waals surface area (Å²) in [6.45, 7) is 1.66. The SMILES string of the molecule is O=C1COCC2COc3ncc(Br)cc3CN12. The van der Waals surface area contributed by atoms with Crippen LogP contribution in [0.5, 0.6) is 5.88 Å². The second-order valence-electron chi connectivity index (χ2n) is 4.12. The van der Waals surface area contributed by atoms with Crippen molar-refractivity contribution in [1.29, 1.82) is 0 Å². The number of ether oxygens (including phenoxy) is 2. The van der Waals surface area contributed by atoms with E-state index in [0.29, 0.717) is 25.6 Å². The number of amides is 1. The first-order chi connectivity index (χ1) is 8.24. The number of hydrogen-bond donors (Lipinski definition) is 0. The van der Waals surface area contributed by atoms with Gasteiger partial charge in [0.05, 0.1) is 19.2 Å². The summed E-state index contributed by atoms with van der Waals surface area (Å²) in [5, 5.41) is 0. The van der Waals surface area contributed by atoms with E-state index in [-0.39, 0.29) is 18.6 Å². The highest BCUT2D eigenvalue weighted by atomic mass is 79.9. The van der Waals surface area contributed by atoms with Crippen molar-refractivity contribution >= 4 is 21.8 Å². The molecule has 6 heteroatoms. The topological polar surface area (TPSA) is 51.7 Å². The molecular weight excluding hydrogens is 288 g/mol. The Hall–Kier alpha value is -1.14. The molecule has 17 heavy (non-hydrogen) atoms. The number of morpholine rings is 1. The lowest BCUT2D eigenvalue weighted by molar-refractivity contribution is -0.149. The standard InChI is InChI=1S/C11H11BrN2O3/c12-8-1-7-3-14-9(4-16-6-10(14)15)5-17-11(7)13-2-8/h1-2,9H,3-6H2. The Bertz CT molecular complexity index is 466. The maximum Gasteiger partial charge on any atom is 0.249 e. The van der Waals surface area contributed by atoms with Gasteiger partial charge in [-0.15, -0.1) is 0 Å². The molecule has 2 aliphatic heterocycles. The Balaban J connectivity index is 1.95. The molecule has 0 bridgehead atoms. The van der Waals surface area contributed by atoms with Gasteiger partial charge < -0.3 is 14.4 Å². The van der Waals surface area contributed by atoms with E-state index in [0.717, 1.165) is 10.0 Å². The number of halogens is 1. The summed E-state index contributed by atoms with van der Waals surface area (Å²) in [5.74, 6) is 0.619. The zero-order valence-corrected chi connectivity index (χ0v) is 10.6. The molecule has 1 saturated heterocycles. The first-order valence-electron chi connectivity index (χ1n) is 5.38. The van der Waals surface area contributed by atoms with Crippen molar-refractivity contribution < 1.29 is 14.3 Å². The number of nitrogens with zero attached hydrogens (tertiary/aromatic N) is 2. The van der Waals surface area contributed by atoms with E-state index in [2.05, 4.69) is 20.9 Å². The Labute approximate surface area is 107 Å². The highest BCUT2D eigenvalue weighted by Crippen LogP contribution is 2.26. The normalized spacial score (nSPS) is 23.5. The van der Waals surface area contributed by atoms with E-state index in [4.69, 9.17) is 9.47 Å². The van der Waals surface area contributed by atoms with Crippen LogP contribution in [0, 0.1) is 0 Å². The average Bonchev–Trinajstić information content (AvgIpc) is 2.49. The Morgan fingerprint density at radius 1 is 1.47 bits per heavy atom. The molecule has 0 aliphatic carbocycles. The number of hydrogen-bond acceptors (Lipinski definition) is 4. The highest BCUT2D eigenvalue weighted by molar-refractivity contribution is 9.10. The van der Waals surface area contributed by atoms with Crippen molar-refractivity contribution in [2.24, 2.45) is 0 Å². The molecule has 1 aromatic rings. The van der Waals surface area contributed by atoms with E-state index in [1.165, 1.54) is 0 Å². The highest BCUT2D eigenvalue weighted by Gasteiger charge is 2.32. The van der Waals surface area contributed by atoms with Gasteiger partial charge in [-0.25, -0.2) is 4.98 Å². The summed E-state index contributed by atoms with van der Waals surface area (Å²) in [6.07, 6.45) is 1.70. The molecule has 1 atom stereocenters. The third kappa shape index (κ3) is 2.02. The number of carbonyl (C=O) groups is 1. The number of rotatable bonds is 0. The molecule has 3 heterocycles. The molecule has 0 radical (unpaired) electrons. The van der Waals surface area contributed by atoms with Crippen molar-refractivity contribution in [1.82, 2.24) is 9.88 Å². The van der Waals surface area contributed by atoms with Crippen LogP contribution in [-0.2, 0) is 16.1 Å². The van der Waals surface area contributed by atoms with E-state index in [1.54, 1.807) is 6.20 Å². The summed E-state index contributed by atoms with van der Waals surface area (Å²) < 4.78 is 11.7. The Morgan fingerprint density at radius 3 is 3.24 bits per heavy atom. The molecule has 0 aromatic carbocycles. The summed E-state index contributed by atoms with van der Waals surface area (Å²) in [6, 6.07) is 1.93. The zero-order chi connectivity index (χ0) is 11.8. The van der Waals surface area contributed by atoms with E-state index in [1.807, 2.05) is 11.0 Å². The summed E-state index contributed by atoms with van der Waals surface area (Å²) in [5.41, 5.74) is 0.928. The van der Waals surface area contributed by atoms with Gasteiger partial charge in [-0.1, -0.05) is 0 Å². The van der Waals surface area contributed by atoms with Gasteiger partial charge in [-0.2, -0.15) is 0 Å². The molecule has 1 unspecified atom stereocenters. The number of carbonyl (C=O) groups excluding carboxylic acids is 1. The van der Waals surface area contributed by atoms with Crippen molar-refractivity contribution in [3.05, 3.63) is 22.3 Å². The van der Waals surface area contributed by atoms with Gasteiger partial charge in [0.2, 0.25) is 11.8 Å². The van der Waals surface area contributed by atoms with Gasteiger partial charge >= 0.3 is 0 Å². The second-order valence-corrected chi connectivity index (χ2v) is 5.04. The molecular formula is C11H11BrN2O3. The second kappa shape index (κ2) is 4.27. The van der Waals surface area contributed by atoms with Crippen LogP contribution in [0.25, 0.3) is 0 Å². The minimum absolute atomic E-state index is 0.00998. The van der Waals surface area contributed by atoms with Crippen molar-refractivity contribution in [2.75, 3.05) is 19.8 Å². The van der Waals surface area contributed by atoms with Crippen molar-refractivity contribution in [3.8, 4) is 5.88 Å². The van der Waals surface area contributed by atoms with Crippen molar-refractivity contribution in [3.63, 3.8) is 0 Å². The number of aromatic nitrogens is 1. The van der Waals surface area contributed by atoms with Crippen LogP contribution in [0.1, 0.15) is 5.56 Å². The van der Waals surface area contributed by atoms with Crippen LogP contribution in [0.4, 0.5) is 0 Å². The van der Waals surface area contributed by atoms with Crippen LogP contribution in [0.15, 0.2) is 16.7 Å². The molecule has 1 aromatic heterocycles. The molecule has 1 fully saturated rings. The summed E-state index contributed by atoms with van der Waals surface area (Å²) in [7, 11) is 0. The minimum Gasteiger partial charge on any atom is -0.475 e. The number of pyridine rings is 1. The van der Waals surface area contributed by atoms with Gasteiger partial charge in [0, 0.05) is 16.2 Å². The van der Waals surface area contributed by atoms with E-state index in [9.17, 15) is 4.79 Å². The average molecular weight is 299 g/mol. The third-order valence-corrected chi connectivity index (χ3v) is 3.38. The lowest BCUT2D eigenvalue weighted by atomic mass is 10.2. The predicted octanol–water partition coefficient (Wildman–Crippen LogP) is 0.964. The van der Waals surface area contributed by atoms with Crippen molar-refractivity contribution in [2.45, 2.75) is 12.6 Å². The van der Waals surface area contributed by atoms with Crippen LogP contribution in [0.3, 0.4) is 0 Å². The molecule has 0 N–H and O–H groups in total. The summed E-state index contributed by atoms with van der Waals surface area (Å²) >= 11 is 3.37. The van der Waals surface area contributed by atoms with Crippen LogP contribution >= 0.6 is 15.9 Å². The maximum atomic E-state index is 11.8. The fourth-order valence-electron chi connectivity index (χ4n) is 2.08. The largest absolute Gasteiger partial charge is 0.475 e. The number of fused-ring (bicyclic) bond motifs is 2. The maximum absolute atomic E-state index is 11.8. The zero-order valence-electron chi connectivity index (χ0n) is 9.06. The molecule has 2 aliphatic rings. The first kappa shape index (κ1) is 11.0. The first-order valence-corrected chi connectivity index (χ1v) is 6.18. The molecule has 90 valence electrons. The Kier molecular flexibility index (Phi) is 2.76. The van der Waals surface area contributed by atoms with Crippen LogP contribution in [-0.4, -0.2) is 41.7 Å². The monoisotopic (exact) mass is 298 g/mol. The quantitative estimate of drug-likeness (QED) is 0.716. The van der Waals surface area contributed by atoms with Crippen LogP contribution < -0.4 is 4.74 Å². The van der Waals surface area contributed by atoms with Gasteiger partial charge in [0.15, 0.2) is 0 Å². The van der Waals surface area contributed by atoms with Gasteiger partial charge in [0.1, 0.15) is 13.2 Å². The van der Waals surface area contributed by atoms with Crippen LogP contribution in [0.2, 0.25) is 0 Å². The molecule has 5 nitrogen and oxygen atoms in total. The summed E-state index contributed by atoms with van der Waals surface area (Å²) in [4.78, 5) is 17.8. The lowest BCUT2D eigenvalue weighted by Crippen LogP contribution is -2.50. The lowest BCUT2D eigenvalue weighted by Gasteiger charge is -2.32.